The van der Waals surface area contributed by atoms with E-state index in [-0.39, 0.29) is 0 Å². The SMILES string of the molecule is Cc1c(-c2ccc(Br)cc2)cc(-c2ccccc2)[o+]c1-c1ccccc1.[O-][Cl+3]([O-])([O-])[O-]. The Kier molecular flexibility index (Phi) is 7.56. The van der Waals surface area contributed by atoms with Crippen LogP contribution in [0.2, 0.25) is 0 Å². The molecule has 7 heteroatoms. The minimum Gasteiger partial charge on any atom is -0.222 e. The van der Waals surface area contributed by atoms with Crippen molar-refractivity contribution >= 4 is 15.9 Å². The van der Waals surface area contributed by atoms with Gasteiger partial charge in [-0.3, -0.25) is 0 Å². The third-order valence-electron chi connectivity index (χ3n) is 4.48. The van der Waals surface area contributed by atoms with Gasteiger partial charge in [0.2, 0.25) is 0 Å². The van der Waals surface area contributed by atoms with Gasteiger partial charge in [0.1, 0.15) is 0 Å². The fourth-order valence-corrected chi connectivity index (χ4v) is 3.38. The molecule has 0 amide bonds. The van der Waals surface area contributed by atoms with Gasteiger partial charge in [-0.05, 0) is 48.9 Å². The van der Waals surface area contributed by atoms with Gasteiger partial charge in [0.15, 0.2) is 0 Å². The summed E-state index contributed by atoms with van der Waals surface area (Å²) in [7, 11) is -4.94. The Morgan fingerprint density at radius 3 is 1.68 bits per heavy atom. The Hall–Kier alpha value is -2.58. The van der Waals surface area contributed by atoms with Crippen molar-refractivity contribution in [3.05, 3.63) is 101 Å². The summed E-state index contributed by atoms with van der Waals surface area (Å²) in [6, 6.07) is 31.1. The predicted molar refractivity (Wildman–Crippen MR) is 112 cm³/mol. The van der Waals surface area contributed by atoms with Gasteiger partial charge in [0.25, 0.3) is 0 Å². The van der Waals surface area contributed by atoms with Crippen molar-refractivity contribution in [2.75, 3.05) is 0 Å². The molecule has 1 aromatic heterocycles. The number of rotatable bonds is 3. The van der Waals surface area contributed by atoms with E-state index in [1.54, 1.807) is 0 Å². The van der Waals surface area contributed by atoms with Gasteiger partial charge in [0, 0.05) is 10.0 Å². The van der Waals surface area contributed by atoms with Crippen molar-refractivity contribution in [1.82, 2.24) is 0 Å². The zero-order valence-electron chi connectivity index (χ0n) is 16.5. The van der Waals surface area contributed by atoms with Crippen LogP contribution in [0.5, 0.6) is 0 Å². The molecule has 0 aliphatic heterocycles. The molecule has 3 aromatic carbocycles. The average molecular weight is 502 g/mol. The van der Waals surface area contributed by atoms with Crippen molar-refractivity contribution in [2.45, 2.75) is 6.92 Å². The highest BCUT2D eigenvalue weighted by molar-refractivity contribution is 9.10. The fourth-order valence-electron chi connectivity index (χ4n) is 3.12. The van der Waals surface area contributed by atoms with Crippen molar-refractivity contribution in [3.8, 4) is 33.8 Å². The first kappa shape index (κ1) is 23.1. The molecule has 0 fully saturated rings. The minimum absolute atomic E-state index is 0.868. The van der Waals surface area contributed by atoms with Gasteiger partial charge in [-0.25, -0.2) is 23.1 Å². The molecule has 0 saturated heterocycles. The summed E-state index contributed by atoms with van der Waals surface area (Å²) in [5.74, 6) is 1.78. The number of hydrogen-bond acceptors (Lipinski definition) is 4. The molecule has 0 aliphatic rings. The maximum absolute atomic E-state index is 8.49. The Morgan fingerprint density at radius 1 is 0.677 bits per heavy atom. The summed E-state index contributed by atoms with van der Waals surface area (Å²) in [5.41, 5.74) is 5.65. The van der Waals surface area contributed by atoms with Gasteiger partial charge >= 0.3 is 11.5 Å². The average Bonchev–Trinajstić information content (AvgIpc) is 2.75. The van der Waals surface area contributed by atoms with Crippen molar-refractivity contribution in [2.24, 2.45) is 0 Å². The monoisotopic (exact) mass is 500 g/mol. The van der Waals surface area contributed by atoms with E-state index >= 15 is 0 Å². The lowest BCUT2D eigenvalue weighted by Gasteiger charge is -2.17. The molecule has 5 nitrogen and oxygen atoms in total. The number of halogens is 2. The molecule has 0 radical (unpaired) electrons. The fraction of sp³-hybridized carbons (Fsp3) is 0.0417. The highest BCUT2D eigenvalue weighted by Gasteiger charge is 2.24. The summed E-state index contributed by atoms with van der Waals surface area (Å²) in [4.78, 5) is 0. The van der Waals surface area contributed by atoms with E-state index in [2.05, 4.69) is 77.5 Å². The lowest BCUT2D eigenvalue weighted by atomic mass is 9.96. The van der Waals surface area contributed by atoms with E-state index in [0.717, 1.165) is 32.7 Å². The Morgan fingerprint density at radius 2 is 1.16 bits per heavy atom. The molecule has 4 rings (SSSR count). The second kappa shape index (κ2) is 10.2. The first-order valence-corrected chi connectivity index (χ1v) is 11.2. The van der Waals surface area contributed by atoms with E-state index in [4.69, 9.17) is 23.1 Å². The summed E-state index contributed by atoms with van der Waals surface area (Å²) in [6.45, 7) is 2.12. The highest BCUT2D eigenvalue weighted by atomic mass is 79.9. The van der Waals surface area contributed by atoms with Crippen LogP contribution < -0.4 is 18.6 Å². The molecule has 0 atom stereocenters. The largest absolute Gasteiger partial charge is 0.364 e. The van der Waals surface area contributed by atoms with Crippen LogP contribution in [0.15, 0.2) is 99.9 Å². The second-order valence-electron chi connectivity index (χ2n) is 6.60. The third kappa shape index (κ3) is 6.70. The first-order valence-electron chi connectivity index (χ1n) is 9.18. The summed E-state index contributed by atoms with van der Waals surface area (Å²) in [5, 5.41) is 0. The molecule has 0 saturated carbocycles. The maximum atomic E-state index is 8.49. The van der Waals surface area contributed by atoms with Gasteiger partial charge in [-0.2, -0.15) is 0 Å². The Labute approximate surface area is 190 Å². The van der Waals surface area contributed by atoms with E-state index in [0.29, 0.717) is 0 Å². The van der Waals surface area contributed by atoms with Crippen molar-refractivity contribution in [1.29, 1.82) is 0 Å². The molecule has 31 heavy (non-hydrogen) atoms. The van der Waals surface area contributed by atoms with Gasteiger partial charge in [0.05, 0.1) is 22.8 Å². The predicted octanol–water partition coefficient (Wildman–Crippen LogP) is 2.88. The zero-order chi connectivity index (χ0) is 22.4. The van der Waals surface area contributed by atoms with Crippen LogP contribution in [0.25, 0.3) is 33.8 Å². The number of benzene rings is 3. The lowest BCUT2D eigenvalue weighted by Crippen LogP contribution is -2.68. The van der Waals surface area contributed by atoms with E-state index < -0.39 is 10.2 Å². The highest BCUT2D eigenvalue weighted by Crippen LogP contribution is 2.37. The van der Waals surface area contributed by atoms with E-state index in [9.17, 15) is 0 Å². The van der Waals surface area contributed by atoms with E-state index in [1.165, 1.54) is 11.1 Å². The van der Waals surface area contributed by atoms with Crippen LogP contribution in [-0.2, 0) is 0 Å². The first-order chi connectivity index (χ1) is 14.7. The molecule has 0 N–H and O–H groups in total. The minimum atomic E-state index is -4.94. The van der Waals surface area contributed by atoms with E-state index in [1.807, 2.05) is 36.4 Å². The molecule has 1 heterocycles. The maximum Gasteiger partial charge on any atom is 0.364 e. The Balaban J connectivity index is 0.000000491. The van der Waals surface area contributed by atoms with Gasteiger partial charge < -0.3 is 0 Å². The summed E-state index contributed by atoms with van der Waals surface area (Å²) < 4.78 is 41.4. The lowest BCUT2D eigenvalue weighted by molar-refractivity contribution is -2.00. The summed E-state index contributed by atoms with van der Waals surface area (Å²) in [6.07, 6.45) is 0. The molecule has 4 aromatic rings. The van der Waals surface area contributed by atoms with Crippen LogP contribution in [0.3, 0.4) is 0 Å². The molecular weight excluding hydrogens is 484 g/mol. The van der Waals surface area contributed by atoms with Crippen molar-refractivity contribution in [3.63, 3.8) is 0 Å². The molecule has 0 aliphatic carbocycles. The molecule has 158 valence electrons. The van der Waals surface area contributed by atoms with Crippen LogP contribution in [0, 0.1) is 17.2 Å². The standard InChI is InChI=1S/C24H18BrO.ClHO4/c1-17-22(18-12-14-21(25)15-13-18)16-23(19-8-4-2-5-9-19)26-24(17)20-10-6-3-7-11-20;2-1(3,4)5/h2-16H,1H3;(H,2,3,4,5)/q+1;/p-1. The number of hydrogen-bond donors (Lipinski definition) is 0. The smallest absolute Gasteiger partial charge is 0.222 e. The Bertz CT molecular complexity index is 1120. The summed E-state index contributed by atoms with van der Waals surface area (Å²) >= 11 is 3.52. The van der Waals surface area contributed by atoms with Crippen LogP contribution in [0.1, 0.15) is 5.56 Å². The third-order valence-corrected chi connectivity index (χ3v) is 5.01. The van der Waals surface area contributed by atoms with Crippen LogP contribution in [-0.4, -0.2) is 0 Å². The van der Waals surface area contributed by atoms with Gasteiger partial charge in [-0.15, -0.1) is 10.2 Å². The molecular formula is C24H18BrClO5. The molecule has 0 spiro atoms. The topological polar surface area (TPSA) is 104 Å². The molecule has 0 unspecified atom stereocenters. The van der Waals surface area contributed by atoms with Gasteiger partial charge in [-0.1, -0.05) is 64.5 Å². The molecule has 0 bridgehead atoms. The van der Waals surface area contributed by atoms with Crippen molar-refractivity contribution < 1.29 is 33.3 Å². The zero-order valence-corrected chi connectivity index (χ0v) is 18.8. The van der Waals surface area contributed by atoms with Crippen LogP contribution >= 0.6 is 15.9 Å². The normalized spacial score (nSPS) is 10.9. The van der Waals surface area contributed by atoms with Crippen LogP contribution in [0.4, 0.5) is 0 Å². The second-order valence-corrected chi connectivity index (χ2v) is 8.27. The quantitative estimate of drug-likeness (QED) is 0.402.